The number of ketones is 2. The molecule has 1 aliphatic rings. The summed E-state index contributed by atoms with van der Waals surface area (Å²) in [7, 11) is 0. The van der Waals surface area contributed by atoms with Gasteiger partial charge in [-0.05, 0) is 19.4 Å². The highest BCUT2D eigenvalue weighted by Gasteiger charge is 2.25. The molecule has 0 fully saturated rings. The summed E-state index contributed by atoms with van der Waals surface area (Å²) < 4.78 is 0. The van der Waals surface area contributed by atoms with Crippen LogP contribution in [-0.2, 0) is 9.59 Å². The first kappa shape index (κ1) is 9.84. The number of carbonyl (C=O) groups excluding carboxylic acids is 2. The molecule has 3 heteroatoms. The van der Waals surface area contributed by atoms with Gasteiger partial charge in [-0.2, -0.15) is 0 Å². The van der Waals surface area contributed by atoms with Crippen LogP contribution in [0.2, 0.25) is 0 Å². The molecule has 0 aliphatic carbocycles. The molecule has 1 heterocycles. The fourth-order valence-corrected chi connectivity index (χ4v) is 1.40. The third-order valence-corrected chi connectivity index (χ3v) is 2.28. The van der Waals surface area contributed by atoms with Crippen LogP contribution in [0.1, 0.15) is 13.3 Å². The maximum absolute atomic E-state index is 11.2. The Labute approximate surface area is 77.5 Å². The molecule has 0 saturated heterocycles. The number of rotatable bonds is 3. The Morgan fingerprint density at radius 3 is 2.85 bits per heavy atom. The number of aliphatic imine (C=N–C) groups is 1. The van der Waals surface area contributed by atoms with Gasteiger partial charge in [-0.1, -0.05) is 6.58 Å². The fourth-order valence-electron chi connectivity index (χ4n) is 1.40. The van der Waals surface area contributed by atoms with Gasteiger partial charge in [0.25, 0.3) is 0 Å². The highest BCUT2D eigenvalue weighted by atomic mass is 16.1. The fraction of sp³-hybridized carbons (Fsp3) is 0.500. The number of nitrogens with zero attached hydrogens (tertiary/aromatic N) is 1. The van der Waals surface area contributed by atoms with Gasteiger partial charge in [-0.15, -0.1) is 0 Å². The molecule has 0 aromatic rings. The molecule has 3 nitrogen and oxygen atoms in total. The molecule has 13 heavy (non-hydrogen) atoms. The average molecular weight is 179 g/mol. The molecule has 0 bridgehead atoms. The summed E-state index contributed by atoms with van der Waals surface area (Å²) in [4.78, 5) is 26.3. The van der Waals surface area contributed by atoms with E-state index in [9.17, 15) is 9.59 Å². The second-order valence-corrected chi connectivity index (χ2v) is 3.27. The summed E-state index contributed by atoms with van der Waals surface area (Å²) in [5, 5.41) is 0. The standard InChI is InChI=1S/C10H13NO2/c1-3-10(13)9-4-8(7(2)12)5-11-6-9/h3,5,8-9H,1,4,6H2,2H3. The minimum Gasteiger partial charge on any atom is -0.299 e. The number of hydrogen-bond donors (Lipinski definition) is 0. The van der Waals surface area contributed by atoms with E-state index >= 15 is 0 Å². The smallest absolute Gasteiger partial charge is 0.160 e. The maximum atomic E-state index is 11.2. The SMILES string of the molecule is C=CC(=O)C1CN=CC(C(C)=O)C1. The van der Waals surface area contributed by atoms with Crippen molar-refractivity contribution in [2.75, 3.05) is 6.54 Å². The van der Waals surface area contributed by atoms with Gasteiger partial charge in [-0.3, -0.25) is 14.6 Å². The van der Waals surface area contributed by atoms with Gasteiger partial charge in [-0.25, -0.2) is 0 Å². The number of hydrogen-bond acceptors (Lipinski definition) is 3. The van der Waals surface area contributed by atoms with Gasteiger partial charge < -0.3 is 0 Å². The van der Waals surface area contributed by atoms with E-state index < -0.39 is 0 Å². The van der Waals surface area contributed by atoms with Crippen LogP contribution in [0.15, 0.2) is 17.6 Å². The van der Waals surface area contributed by atoms with Crippen LogP contribution in [0, 0.1) is 11.8 Å². The lowest BCUT2D eigenvalue weighted by atomic mass is 9.87. The summed E-state index contributed by atoms with van der Waals surface area (Å²) in [6.07, 6.45) is 3.54. The van der Waals surface area contributed by atoms with E-state index in [2.05, 4.69) is 11.6 Å². The molecule has 0 radical (unpaired) electrons. The molecule has 70 valence electrons. The molecule has 0 saturated carbocycles. The van der Waals surface area contributed by atoms with E-state index in [0.717, 1.165) is 0 Å². The zero-order valence-corrected chi connectivity index (χ0v) is 7.69. The molecule has 0 aromatic heterocycles. The lowest BCUT2D eigenvalue weighted by Gasteiger charge is -2.19. The summed E-state index contributed by atoms with van der Waals surface area (Å²) >= 11 is 0. The van der Waals surface area contributed by atoms with Crippen LogP contribution < -0.4 is 0 Å². The second-order valence-electron chi connectivity index (χ2n) is 3.27. The average Bonchev–Trinajstić information content (AvgIpc) is 2.17. The van der Waals surface area contributed by atoms with E-state index in [0.29, 0.717) is 13.0 Å². The molecule has 0 spiro atoms. The van der Waals surface area contributed by atoms with E-state index in [1.54, 1.807) is 6.21 Å². The van der Waals surface area contributed by atoms with Crippen LogP contribution in [0.4, 0.5) is 0 Å². The largest absolute Gasteiger partial charge is 0.299 e. The first-order valence-electron chi connectivity index (χ1n) is 4.32. The molecular formula is C10H13NO2. The molecule has 1 rings (SSSR count). The van der Waals surface area contributed by atoms with Crippen LogP contribution in [0.5, 0.6) is 0 Å². The van der Waals surface area contributed by atoms with E-state index in [1.165, 1.54) is 13.0 Å². The van der Waals surface area contributed by atoms with Gasteiger partial charge in [0, 0.05) is 18.7 Å². The van der Waals surface area contributed by atoms with E-state index in [-0.39, 0.29) is 23.4 Å². The second kappa shape index (κ2) is 4.12. The van der Waals surface area contributed by atoms with Crippen molar-refractivity contribution in [3.63, 3.8) is 0 Å². The first-order chi connectivity index (χ1) is 6.15. The summed E-state index contributed by atoms with van der Waals surface area (Å²) in [6.45, 7) is 5.44. The Hall–Kier alpha value is -1.25. The van der Waals surface area contributed by atoms with Gasteiger partial charge in [0.1, 0.15) is 5.78 Å². The Morgan fingerprint density at radius 1 is 1.62 bits per heavy atom. The topological polar surface area (TPSA) is 46.5 Å². The highest BCUT2D eigenvalue weighted by Crippen LogP contribution is 2.18. The molecule has 1 aliphatic heterocycles. The third kappa shape index (κ3) is 2.34. The highest BCUT2D eigenvalue weighted by molar-refractivity contribution is 5.97. The van der Waals surface area contributed by atoms with Gasteiger partial charge >= 0.3 is 0 Å². The predicted octanol–water partition coefficient (Wildman–Crippen LogP) is 1.04. The van der Waals surface area contributed by atoms with Crippen LogP contribution in [0.3, 0.4) is 0 Å². The van der Waals surface area contributed by atoms with Gasteiger partial charge in [0.15, 0.2) is 5.78 Å². The van der Waals surface area contributed by atoms with E-state index in [1.807, 2.05) is 0 Å². The van der Waals surface area contributed by atoms with Crippen LogP contribution >= 0.6 is 0 Å². The zero-order chi connectivity index (χ0) is 9.84. The maximum Gasteiger partial charge on any atom is 0.160 e. The van der Waals surface area contributed by atoms with Gasteiger partial charge in [0.05, 0.1) is 5.92 Å². The van der Waals surface area contributed by atoms with Crippen molar-refractivity contribution < 1.29 is 9.59 Å². The van der Waals surface area contributed by atoms with Crippen molar-refractivity contribution >= 4 is 17.8 Å². The normalized spacial score (nSPS) is 26.8. The minimum atomic E-state index is -0.178. The molecule has 2 unspecified atom stereocenters. The third-order valence-electron chi connectivity index (χ3n) is 2.28. The Kier molecular flexibility index (Phi) is 3.12. The molecule has 0 amide bonds. The lowest BCUT2D eigenvalue weighted by Crippen LogP contribution is -2.27. The predicted molar refractivity (Wildman–Crippen MR) is 50.8 cm³/mol. The Morgan fingerprint density at radius 2 is 2.31 bits per heavy atom. The van der Waals surface area contributed by atoms with Crippen molar-refractivity contribution in [2.24, 2.45) is 16.8 Å². The van der Waals surface area contributed by atoms with Crippen LogP contribution in [-0.4, -0.2) is 24.3 Å². The molecule has 0 aromatic carbocycles. The molecule has 2 atom stereocenters. The molecule has 0 N–H and O–H groups in total. The first-order valence-corrected chi connectivity index (χ1v) is 4.32. The monoisotopic (exact) mass is 179 g/mol. The van der Waals surface area contributed by atoms with Crippen molar-refractivity contribution in [1.29, 1.82) is 0 Å². The zero-order valence-electron chi connectivity index (χ0n) is 7.69. The number of allylic oxidation sites excluding steroid dienone is 1. The number of carbonyl (C=O) groups is 2. The quantitative estimate of drug-likeness (QED) is 0.607. The Balaban J connectivity index is 2.65. The van der Waals surface area contributed by atoms with Crippen molar-refractivity contribution in [2.45, 2.75) is 13.3 Å². The van der Waals surface area contributed by atoms with Crippen molar-refractivity contribution in [3.8, 4) is 0 Å². The summed E-state index contributed by atoms with van der Waals surface area (Å²) in [5.41, 5.74) is 0. The lowest BCUT2D eigenvalue weighted by molar-refractivity contribution is -0.121. The minimum absolute atomic E-state index is 0.0110. The van der Waals surface area contributed by atoms with Crippen LogP contribution in [0.25, 0.3) is 0 Å². The summed E-state index contributed by atoms with van der Waals surface area (Å²) in [5.74, 6) is -0.257. The molecular weight excluding hydrogens is 166 g/mol. The Bertz CT molecular complexity index is 268. The number of Topliss-reactive ketones (excluding diaryl/α,β-unsaturated/α-hetero) is 1. The van der Waals surface area contributed by atoms with Gasteiger partial charge in [0.2, 0.25) is 0 Å². The van der Waals surface area contributed by atoms with Crippen molar-refractivity contribution in [1.82, 2.24) is 0 Å². The van der Waals surface area contributed by atoms with E-state index in [4.69, 9.17) is 0 Å². The van der Waals surface area contributed by atoms with Crippen molar-refractivity contribution in [3.05, 3.63) is 12.7 Å². The summed E-state index contributed by atoms with van der Waals surface area (Å²) in [6, 6.07) is 0.